The van der Waals surface area contributed by atoms with Gasteiger partial charge < -0.3 is 4.74 Å². The molecule has 0 unspecified atom stereocenters. The molecule has 2 aromatic rings. The summed E-state index contributed by atoms with van der Waals surface area (Å²) in [4.78, 5) is 4.52. The van der Waals surface area contributed by atoms with Crippen LogP contribution in [0.4, 0.5) is 5.95 Å². The van der Waals surface area contributed by atoms with Crippen LogP contribution in [0.2, 0.25) is 0 Å². The van der Waals surface area contributed by atoms with E-state index >= 15 is 0 Å². The Bertz CT molecular complexity index is 683. The molecule has 2 aliphatic rings. The first-order chi connectivity index (χ1) is 10.2. The van der Waals surface area contributed by atoms with Crippen molar-refractivity contribution in [2.24, 2.45) is 5.92 Å². The van der Waals surface area contributed by atoms with Crippen LogP contribution in [0, 0.1) is 5.92 Å². The minimum absolute atomic E-state index is 0.000319. The van der Waals surface area contributed by atoms with Crippen molar-refractivity contribution < 1.29 is 9.30 Å². The number of benzene rings is 1. The van der Waals surface area contributed by atoms with E-state index < -0.39 is 0 Å². The van der Waals surface area contributed by atoms with Gasteiger partial charge in [0.15, 0.2) is 0 Å². The van der Waals surface area contributed by atoms with E-state index in [1.165, 1.54) is 5.56 Å². The zero-order valence-corrected chi connectivity index (χ0v) is 12.4. The third-order valence-electron chi connectivity index (χ3n) is 4.90. The Morgan fingerprint density at radius 1 is 1.29 bits per heavy atom. The molecule has 0 bridgehead atoms. The first-order valence-corrected chi connectivity index (χ1v) is 7.53. The second-order valence-electron chi connectivity index (χ2n) is 6.37. The molecule has 2 atom stereocenters. The molecule has 4 nitrogen and oxygen atoms in total. The average Bonchev–Trinajstić information content (AvgIpc) is 2.68. The summed E-state index contributed by atoms with van der Waals surface area (Å²) in [7, 11) is 0. The summed E-state index contributed by atoms with van der Waals surface area (Å²) in [5.74, 6) is 2.39. The number of ether oxygens (including phenoxy) is 1. The quantitative estimate of drug-likeness (QED) is 0.755. The molecule has 1 aromatic heterocycles. The molecule has 21 heavy (non-hydrogen) atoms. The van der Waals surface area contributed by atoms with Crippen LogP contribution in [0.5, 0.6) is 5.75 Å². The van der Waals surface area contributed by atoms with Crippen LogP contribution in [0.1, 0.15) is 31.9 Å². The first kappa shape index (κ1) is 12.6. The molecular formula is C17H20N3O+. The molecule has 0 amide bonds. The van der Waals surface area contributed by atoms with Gasteiger partial charge in [-0.25, -0.2) is 4.57 Å². The predicted molar refractivity (Wildman–Crippen MR) is 80.2 cm³/mol. The van der Waals surface area contributed by atoms with Crippen molar-refractivity contribution in [3.63, 3.8) is 0 Å². The Morgan fingerprint density at radius 3 is 3.05 bits per heavy atom. The van der Waals surface area contributed by atoms with Crippen LogP contribution < -0.4 is 14.6 Å². The minimum Gasteiger partial charge on any atom is -0.493 e. The van der Waals surface area contributed by atoms with Crippen LogP contribution >= 0.6 is 0 Å². The van der Waals surface area contributed by atoms with E-state index in [-0.39, 0.29) is 11.6 Å². The molecule has 3 heterocycles. The summed E-state index contributed by atoms with van der Waals surface area (Å²) in [5.41, 5.74) is 1.24. The molecule has 0 fully saturated rings. The molecule has 1 N–H and O–H groups in total. The summed E-state index contributed by atoms with van der Waals surface area (Å²) in [6.45, 7) is 5.36. The monoisotopic (exact) mass is 282 g/mol. The number of hydrogen-bond donors (Lipinski definition) is 1. The van der Waals surface area contributed by atoms with Crippen molar-refractivity contribution in [2.45, 2.75) is 31.8 Å². The van der Waals surface area contributed by atoms with Crippen molar-refractivity contribution in [3.05, 3.63) is 48.3 Å². The second-order valence-corrected chi connectivity index (χ2v) is 6.37. The maximum absolute atomic E-state index is 5.96. The minimum atomic E-state index is 0.000319. The summed E-state index contributed by atoms with van der Waals surface area (Å²) < 4.78 is 8.21. The van der Waals surface area contributed by atoms with Gasteiger partial charge in [-0.1, -0.05) is 23.2 Å². The third-order valence-corrected chi connectivity index (χ3v) is 4.90. The van der Waals surface area contributed by atoms with E-state index in [1.54, 1.807) is 0 Å². The van der Waals surface area contributed by atoms with Crippen molar-refractivity contribution in [1.29, 1.82) is 0 Å². The number of hydrogen-bond acceptors (Lipinski definition) is 3. The first-order valence-electron chi connectivity index (χ1n) is 7.53. The van der Waals surface area contributed by atoms with Gasteiger partial charge in [0.2, 0.25) is 0 Å². The lowest BCUT2D eigenvalue weighted by atomic mass is 9.75. The molecule has 2 aliphatic heterocycles. The van der Waals surface area contributed by atoms with Crippen molar-refractivity contribution in [1.82, 2.24) is 4.98 Å². The van der Waals surface area contributed by atoms with Gasteiger partial charge in [-0.15, -0.1) is 0 Å². The van der Waals surface area contributed by atoms with E-state index in [2.05, 4.69) is 53.1 Å². The number of nitrogens with zero attached hydrogens (tertiary/aromatic N) is 2. The highest BCUT2D eigenvalue weighted by Gasteiger charge is 2.49. The standard InChI is InChI=1S/C17H19N3O/c1-17(2)13-8-11-21-14-7-4-3-6-12(14)15(13)19-16-18-9-5-10-20(16)17/h3-7,9-10,13,15H,8,11H2,1-2H3/p+1/t13-,15+/m0/s1. The molecule has 0 saturated heterocycles. The number of fused-ring (bicyclic) bond motifs is 4. The molecule has 108 valence electrons. The Morgan fingerprint density at radius 2 is 2.14 bits per heavy atom. The van der Waals surface area contributed by atoms with E-state index in [4.69, 9.17) is 4.74 Å². The molecule has 0 saturated carbocycles. The highest BCUT2D eigenvalue weighted by molar-refractivity contribution is 5.42. The van der Waals surface area contributed by atoms with E-state index in [1.807, 2.05) is 18.3 Å². The van der Waals surface area contributed by atoms with Crippen LogP contribution in [-0.2, 0) is 5.54 Å². The molecule has 4 heteroatoms. The van der Waals surface area contributed by atoms with Crippen LogP contribution in [-0.4, -0.2) is 11.6 Å². The molecular weight excluding hydrogens is 262 g/mol. The summed E-state index contributed by atoms with van der Waals surface area (Å²) in [6.07, 6.45) is 4.98. The molecule has 0 radical (unpaired) electrons. The summed E-state index contributed by atoms with van der Waals surface area (Å²) in [5, 5.41) is 3.62. The molecule has 4 rings (SSSR count). The highest BCUT2D eigenvalue weighted by Crippen LogP contribution is 2.44. The lowest BCUT2D eigenvalue weighted by Gasteiger charge is -2.41. The number of aromatic nitrogens is 2. The van der Waals surface area contributed by atoms with E-state index in [0.717, 1.165) is 24.7 Å². The Labute approximate surface area is 124 Å². The smallest absolute Gasteiger partial charge is 0.392 e. The fraction of sp³-hybridized carbons (Fsp3) is 0.412. The lowest BCUT2D eigenvalue weighted by molar-refractivity contribution is -0.761. The zero-order valence-electron chi connectivity index (χ0n) is 12.4. The second kappa shape index (κ2) is 4.45. The van der Waals surface area contributed by atoms with Gasteiger partial charge >= 0.3 is 5.95 Å². The molecule has 1 aromatic carbocycles. The van der Waals surface area contributed by atoms with Gasteiger partial charge in [0.1, 0.15) is 18.0 Å². The maximum atomic E-state index is 5.96. The van der Waals surface area contributed by atoms with Gasteiger partial charge in [0.25, 0.3) is 0 Å². The van der Waals surface area contributed by atoms with E-state index in [9.17, 15) is 0 Å². The van der Waals surface area contributed by atoms with Gasteiger partial charge in [0, 0.05) is 17.5 Å². The van der Waals surface area contributed by atoms with Gasteiger partial charge in [-0.2, -0.15) is 0 Å². The van der Waals surface area contributed by atoms with Gasteiger partial charge in [0.05, 0.1) is 18.3 Å². The van der Waals surface area contributed by atoms with Crippen molar-refractivity contribution in [2.75, 3.05) is 11.9 Å². The molecule has 0 aliphatic carbocycles. The van der Waals surface area contributed by atoms with Crippen molar-refractivity contribution in [3.8, 4) is 5.75 Å². The summed E-state index contributed by atoms with van der Waals surface area (Å²) >= 11 is 0. The number of anilines is 1. The maximum Gasteiger partial charge on any atom is 0.392 e. The number of rotatable bonds is 0. The topological polar surface area (TPSA) is 38.0 Å². The number of para-hydroxylation sites is 1. The predicted octanol–water partition coefficient (Wildman–Crippen LogP) is 2.67. The molecule has 0 spiro atoms. The van der Waals surface area contributed by atoms with Crippen LogP contribution in [0.25, 0.3) is 0 Å². The number of nitrogens with one attached hydrogen (secondary N) is 1. The SMILES string of the molecule is CC1(C)[C@H]2CCOc3ccccc3[C@H]2Nc2nccc[n+]21. The fourth-order valence-electron chi connectivity index (χ4n) is 3.75. The van der Waals surface area contributed by atoms with Gasteiger partial charge in [-0.05, 0) is 26.3 Å². The Kier molecular flexibility index (Phi) is 2.67. The van der Waals surface area contributed by atoms with Crippen LogP contribution in [0.3, 0.4) is 0 Å². The average molecular weight is 282 g/mol. The fourth-order valence-corrected chi connectivity index (χ4v) is 3.75. The van der Waals surface area contributed by atoms with Gasteiger partial charge in [-0.3, -0.25) is 5.32 Å². The third kappa shape index (κ3) is 1.82. The van der Waals surface area contributed by atoms with Crippen molar-refractivity contribution >= 4 is 5.95 Å². The van der Waals surface area contributed by atoms with E-state index in [0.29, 0.717) is 5.92 Å². The summed E-state index contributed by atoms with van der Waals surface area (Å²) in [6, 6.07) is 10.6. The zero-order chi connectivity index (χ0) is 14.4. The highest BCUT2D eigenvalue weighted by atomic mass is 16.5. The normalized spacial score (nSPS) is 25.4. The lowest BCUT2D eigenvalue weighted by Crippen LogP contribution is -2.63. The Hall–Kier alpha value is -2.10. The van der Waals surface area contributed by atoms with Crippen LogP contribution in [0.15, 0.2) is 42.7 Å². The largest absolute Gasteiger partial charge is 0.493 e. The Balaban J connectivity index is 1.89.